The quantitative estimate of drug-likeness (QED) is 0.640. The van der Waals surface area contributed by atoms with Crippen molar-refractivity contribution in [3.05, 3.63) is 75.8 Å². The number of hydrogen-bond donors (Lipinski definition) is 0. The van der Waals surface area contributed by atoms with Gasteiger partial charge in [-0.25, -0.2) is 4.63 Å². The number of halogens is 1. The van der Waals surface area contributed by atoms with Crippen molar-refractivity contribution in [3.8, 4) is 0 Å². The van der Waals surface area contributed by atoms with E-state index in [0.717, 1.165) is 17.0 Å². The fourth-order valence-electron chi connectivity index (χ4n) is 3.35. The minimum atomic E-state index is -0.261. The molecule has 1 aliphatic rings. The summed E-state index contributed by atoms with van der Waals surface area (Å²) < 4.78 is 10.6. The summed E-state index contributed by atoms with van der Waals surface area (Å²) in [5.41, 5.74) is 4.06. The lowest BCUT2D eigenvalue weighted by Crippen LogP contribution is -2.43. The van der Waals surface area contributed by atoms with Crippen molar-refractivity contribution in [1.82, 2.24) is 20.2 Å². The van der Waals surface area contributed by atoms with E-state index in [1.807, 2.05) is 42.5 Å². The standard InChI is InChI=1S/C21H21ClN4O3/c1-14-19(25-29-24-14)12-21(27)26-8-9-28-20(13-26)18-7-3-6-17(23-18)11-15-4-2-5-16(22)10-15/h2-7,10,20H,8-9,11-13H2,1H3. The smallest absolute Gasteiger partial charge is 0.228 e. The molecule has 1 atom stereocenters. The Kier molecular flexibility index (Phi) is 5.87. The van der Waals surface area contributed by atoms with Crippen LogP contribution in [0.25, 0.3) is 0 Å². The summed E-state index contributed by atoms with van der Waals surface area (Å²) in [5.74, 6) is -0.0211. The topological polar surface area (TPSA) is 81.4 Å². The van der Waals surface area contributed by atoms with E-state index in [4.69, 9.17) is 21.3 Å². The first-order chi connectivity index (χ1) is 14.1. The Morgan fingerprint density at radius 3 is 2.90 bits per heavy atom. The molecule has 1 amide bonds. The number of morpholine rings is 1. The molecule has 3 heterocycles. The second kappa shape index (κ2) is 8.71. The van der Waals surface area contributed by atoms with Gasteiger partial charge in [-0.3, -0.25) is 9.78 Å². The van der Waals surface area contributed by atoms with E-state index in [-0.39, 0.29) is 18.4 Å². The van der Waals surface area contributed by atoms with Crippen LogP contribution in [0.4, 0.5) is 0 Å². The first-order valence-electron chi connectivity index (χ1n) is 9.46. The Bertz CT molecular complexity index is 1010. The van der Waals surface area contributed by atoms with Crippen LogP contribution >= 0.6 is 11.6 Å². The molecular formula is C21H21ClN4O3. The molecule has 1 aromatic carbocycles. The molecule has 0 aliphatic carbocycles. The number of carbonyl (C=O) groups is 1. The zero-order chi connectivity index (χ0) is 20.2. The first-order valence-corrected chi connectivity index (χ1v) is 9.84. The molecule has 7 nitrogen and oxygen atoms in total. The van der Waals surface area contributed by atoms with Crippen molar-refractivity contribution in [2.24, 2.45) is 0 Å². The normalized spacial score (nSPS) is 16.8. The third-order valence-electron chi connectivity index (χ3n) is 4.92. The van der Waals surface area contributed by atoms with Gasteiger partial charge in [0.25, 0.3) is 0 Å². The highest BCUT2D eigenvalue weighted by atomic mass is 35.5. The van der Waals surface area contributed by atoms with Gasteiger partial charge >= 0.3 is 0 Å². The predicted molar refractivity (Wildman–Crippen MR) is 107 cm³/mol. The molecular weight excluding hydrogens is 392 g/mol. The molecule has 1 unspecified atom stereocenters. The molecule has 0 N–H and O–H groups in total. The van der Waals surface area contributed by atoms with E-state index in [2.05, 4.69) is 14.9 Å². The van der Waals surface area contributed by atoms with Gasteiger partial charge in [0.05, 0.1) is 25.3 Å². The number of aromatic nitrogens is 3. The van der Waals surface area contributed by atoms with Gasteiger partial charge in [-0.05, 0) is 36.8 Å². The Morgan fingerprint density at radius 2 is 2.10 bits per heavy atom. The molecule has 0 bridgehead atoms. The van der Waals surface area contributed by atoms with Crippen LogP contribution < -0.4 is 0 Å². The van der Waals surface area contributed by atoms with Gasteiger partial charge in [-0.2, -0.15) is 0 Å². The summed E-state index contributed by atoms with van der Waals surface area (Å²) in [6.07, 6.45) is 0.593. The fraction of sp³-hybridized carbons (Fsp3) is 0.333. The number of rotatable bonds is 5. The van der Waals surface area contributed by atoms with Gasteiger partial charge in [0.15, 0.2) is 0 Å². The largest absolute Gasteiger partial charge is 0.368 e. The number of pyridine rings is 1. The van der Waals surface area contributed by atoms with Crippen molar-refractivity contribution >= 4 is 17.5 Å². The number of hydrogen-bond acceptors (Lipinski definition) is 6. The predicted octanol–water partition coefficient (Wildman–Crippen LogP) is 3.16. The monoisotopic (exact) mass is 412 g/mol. The zero-order valence-electron chi connectivity index (χ0n) is 16.0. The van der Waals surface area contributed by atoms with Crippen molar-refractivity contribution in [2.45, 2.75) is 25.9 Å². The lowest BCUT2D eigenvalue weighted by atomic mass is 10.1. The second-order valence-electron chi connectivity index (χ2n) is 7.03. The molecule has 4 rings (SSSR count). The minimum absolute atomic E-state index is 0.0211. The minimum Gasteiger partial charge on any atom is -0.368 e. The number of carbonyl (C=O) groups excluding carboxylic acids is 1. The van der Waals surface area contributed by atoms with E-state index in [0.29, 0.717) is 42.5 Å². The van der Waals surface area contributed by atoms with Crippen LogP contribution in [0.1, 0.15) is 34.4 Å². The molecule has 0 saturated carbocycles. The van der Waals surface area contributed by atoms with E-state index in [9.17, 15) is 4.79 Å². The summed E-state index contributed by atoms with van der Waals surface area (Å²) in [6, 6.07) is 13.6. The van der Waals surface area contributed by atoms with Crippen molar-refractivity contribution in [3.63, 3.8) is 0 Å². The van der Waals surface area contributed by atoms with Gasteiger partial charge in [0.1, 0.15) is 17.5 Å². The third-order valence-corrected chi connectivity index (χ3v) is 5.15. The molecule has 8 heteroatoms. The highest BCUT2D eigenvalue weighted by molar-refractivity contribution is 6.30. The van der Waals surface area contributed by atoms with Crippen LogP contribution in [0.2, 0.25) is 5.02 Å². The van der Waals surface area contributed by atoms with Crippen LogP contribution in [-0.2, 0) is 22.4 Å². The SMILES string of the molecule is Cc1nonc1CC(=O)N1CCOC(c2cccc(Cc3cccc(Cl)c3)n2)C1. The van der Waals surface area contributed by atoms with Gasteiger partial charge < -0.3 is 9.64 Å². The number of benzene rings is 1. The molecule has 150 valence electrons. The Labute approximate surface area is 173 Å². The fourth-order valence-corrected chi connectivity index (χ4v) is 3.56. The maximum atomic E-state index is 12.7. The molecule has 2 aromatic heterocycles. The molecule has 3 aromatic rings. The second-order valence-corrected chi connectivity index (χ2v) is 7.47. The Balaban J connectivity index is 1.44. The average molecular weight is 413 g/mol. The van der Waals surface area contributed by atoms with E-state index >= 15 is 0 Å². The van der Waals surface area contributed by atoms with Crippen LogP contribution in [0.15, 0.2) is 47.1 Å². The van der Waals surface area contributed by atoms with Crippen molar-refractivity contribution < 1.29 is 14.2 Å². The van der Waals surface area contributed by atoms with Crippen LogP contribution in [0.5, 0.6) is 0 Å². The van der Waals surface area contributed by atoms with Crippen LogP contribution in [0.3, 0.4) is 0 Å². The number of aryl methyl sites for hydroxylation is 1. The summed E-state index contributed by atoms with van der Waals surface area (Å²) in [7, 11) is 0. The molecule has 1 fully saturated rings. The lowest BCUT2D eigenvalue weighted by Gasteiger charge is -2.32. The number of ether oxygens (including phenoxy) is 1. The van der Waals surface area contributed by atoms with Gasteiger partial charge in [0.2, 0.25) is 5.91 Å². The average Bonchev–Trinajstić information content (AvgIpc) is 3.13. The number of nitrogens with zero attached hydrogens (tertiary/aromatic N) is 4. The maximum absolute atomic E-state index is 12.7. The van der Waals surface area contributed by atoms with E-state index in [1.54, 1.807) is 11.8 Å². The lowest BCUT2D eigenvalue weighted by molar-refractivity contribution is -0.138. The van der Waals surface area contributed by atoms with Gasteiger partial charge in [-0.1, -0.05) is 40.1 Å². The summed E-state index contributed by atoms with van der Waals surface area (Å²) in [4.78, 5) is 19.2. The molecule has 0 radical (unpaired) electrons. The van der Waals surface area contributed by atoms with E-state index < -0.39 is 0 Å². The summed E-state index contributed by atoms with van der Waals surface area (Å²) >= 11 is 6.08. The maximum Gasteiger partial charge on any atom is 0.228 e. The zero-order valence-corrected chi connectivity index (χ0v) is 16.8. The third kappa shape index (κ3) is 4.81. The van der Waals surface area contributed by atoms with Gasteiger partial charge in [-0.15, -0.1) is 0 Å². The molecule has 1 saturated heterocycles. The highest BCUT2D eigenvalue weighted by Crippen LogP contribution is 2.22. The number of amides is 1. The molecule has 0 spiro atoms. The van der Waals surface area contributed by atoms with Crippen molar-refractivity contribution in [2.75, 3.05) is 19.7 Å². The van der Waals surface area contributed by atoms with E-state index in [1.165, 1.54) is 0 Å². The summed E-state index contributed by atoms with van der Waals surface area (Å²) in [6.45, 7) is 3.24. The molecule has 1 aliphatic heterocycles. The van der Waals surface area contributed by atoms with Crippen LogP contribution in [0, 0.1) is 6.92 Å². The van der Waals surface area contributed by atoms with Gasteiger partial charge in [0, 0.05) is 23.7 Å². The van der Waals surface area contributed by atoms with Crippen molar-refractivity contribution in [1.29, 1.82) is 0 Å². The Hall–Kier alpha value is -2.77. The Morgan fingerprint density at radius 1 is 1.24 bits per heavy atom. The van der Waals surface area contributed by atoms with Crippen LogP contribution in [-0.4, -0.2) is 45.8 Å². The first kappa shape index (κ1) is 19.5. The molecule has 29 heavy (non-hydrogen) atoms. The highest BCUT2D eigenvalue weighted by Gasteiger charge is 2.27. The summed E-state index contributed by atoms with van der Waals surface area (Å²) in [5, 5.41) is 8.24.